The number of nitrogens with one attached hydrogen (secondary N) is 2. The molecular formula is C17H19FN2O3S. The average Bonchev–Trinajstić information content (AvgIpc) is 2.61. The fourth-order valence-corrected chi connectivity index (χ4v) is 2.32. The lowest BCUT2D eigenvalue weighted by molar-refractivity contribution is 0.347. The van der Waals surface area contributed by atoms with E-state index in [0.29, 0.717) is 34.6 Å². The number of hydrogen-bond acceptors (Lipinski definition) is 4. The Morgan fingerprint density at radius 1 is 1.00 bits per heavy atom. The molecule has 7 heteroatoms. The third-order valence-corrected chi connectivity index (χ3v) is 3.59. The summed E-state index contributed by atoms with van der Waals surface area (Å²) in [7, 11) is 4.69. The van der Waals surface area contributed by atoms with Gasteiger partial charge in [-0.3, -0.25) is 0 Å². The second-order valence-corrected chi connectivity index (χ2v) is 5.21. The van der Waals surface area contributed by atoms with E-state index in [1.165, 1.54) is 6.07 Å². The van der Waals surface area contributed by atoms with Gasteiger partial charge in [0.2, 0.25) is 0 Å². The number of ether oxygens (including phenoxy) is 3. The standard InChI is InChI=1S/C17H19FN2O3S/c1-21-14-9-16(23-3)15(22-2)8-11(14)10-19-17(24)20-13-7-5-4-6-12(13)18/h4-9H,10H2,1-3H3,(H2,19,20,24). The summed E-state index contributed by atoms with van der Waals surface area (Å²) in [6.07, 6.45) is 0. The van der Waals surface area contributed by atoms with E-state index < -0.39 is 0 Å². The fraction of sp³-hybridized carbons (Fsp3) is 0.235. The Hall–Kier alpha value is -2.54. The summed E-state index contributed by atoms with van der Waals surface area (Å²) in [4.78, 5) is 0. The number of hydrogen-bond donors (Lipinski definition) is 2. The first-order valence-electron chi connectivity index (χ1n) is 7.17. The van der Waals surface area contributed by atoms with E-state index in [0.717, 1.165) is 5.56 Å². The van der Waals surface area contributed by atoms with Crippen molar-refractivity contribution in [1.29, 1.82) is 0 Å². The molecule has 0 saturated carbocycles. The number of halogens is 1. The lowest BCUT2D eigenvalue weighted by atomic mass is 10.1. The van der Waals surface area contributed by atoms with Crippen LogP contribution >= 0.6 is 12.2 Å². The Bertz CT molecular complexity index is 725. The summed E-state index contributed by atoms with van der Waals surface area (Å²) in [5, 5.41) is 6.14. The van der Waals surface area contributed by atoms with Crippen LogP contribution in [0.3, 0.4) is 0 Å². The molecule has 0 unspecified atom stereocenters. The number of para-hydroxylation sites is 1. The summed E-state index contributed by atoms with van der Waals surface area (Å²) >= 11 is 5.20. The zero-order chi connectivity index (χ0) is 17.5. The minimum atomic E-state index is -0.370. The first-order valence-corrected chi connectivity index (χ1v) is 7.58. The predicted molar refractivity (Wildman–Crippen MR) is 95.6 cm³/mol. The third kappa shape index (κ3) is 4.26. The van der Waals surface area contributed by atoms with Gasteiger partial charge in [0.1, 0.15) is 11.6 Å². The number of methoxy groups -OCH3 is 3. The first kappa shape index (κ1) is 17.8. The average molecular weight is 350 g/mol. The highest BCUT2D eigenvalue weighted by Crippen LogP contribution is 2.34. The van der Waals surface area contributed by atoms with Crippen LogP contribution in [-0.2, 0) is 6.54 Å². The van der Waals surface area contributed by atoms with Crippen LogP contribution in [0.25, 0.3) is 0 Å². The second kappa shape index (κ2) is 8.35. The van der Waals surface area contributed by atoms with E-state index in [1.807, 2.05) is 0 Å². The van der Waals surface area contributed by atoms with Gasteiger partial charge in [0, 0.05) is 18.2 Å². The lowest BCUT2D eigenvalue weighted by Gasteiger charge is -2.16. The fourth-order valence-electron chi connectivity index (χ4n) is 2.14. The van der Waals surface area contributed by atoms with Gasteiger partial charge in [-0.2, -0.15) is 0 Å². The van der Waals surface area contributed by atoms with E-state index >= 15 is 0 Å². The van der Waals surface area contributed by atoms with Crippen molar-refractivity contribution < 1.29 is 18.6 Å². The van der Waals surface area contributed by atoms with Crippen LogP contribution in [0.1, 0.15) is 5.56 Å². The van der Waals surface area contributed by atoms with Crippen LogP contribution in [0.4, 0.5) is 10.1 Å². The Kier molecular flexibility index (Phi) is 6.20. The highest BCUT2D eigenvalue weighted by Gasteiger charge is 2.12. The summed E-state index contributed by atoms with van der Waals surface area (Å²) in [6.45, 7) is 0.379. The Labute approximate surface area is 145 Å². The molecule has 0 spiro atoms. The number of thiocarbonyl (C=S) groups is 1. The van der Waals surface area contributed by atoms with E-state index in [1.54, 1.807) is 51.7 Å². The molecule has 2 aromatic carbocycles. The molecule has 0 aliphatic carbocycles. The molecule has 0 aromatic heterocycles. The summed E-state index contributed by atoms with van der Waals surface area (Å²) in [6, 6.07) is 9.86. The largest absolute Gasteiger partial charge is 0.496 e. The quantitative estimate of drug-likeness (QED) is 0.780. The highest BCUT2D eigenvalue weighted by atomic mass is 32.1. The smallest absolute Gasteiger partial charge is 0.171 e. The van der Waals surface area contributed by atoms with E-state index in [2.05, 4.69) is 10.6 Å². The van der Waals surface area contributed by atoms with Crippen LogP contribution in [0.5, 0.6) is 17.2 Å². The molecule has 0 aliphatic heterocycles. The van der Waals surface area contributed by atoms with E-state index in [9.17, 15) is 4.39 Å². The molecule has 0 amide bonds. The molecule has 0 fully saturated rings. The van der Waals surface area contributed by atoms with Gasteiger partial charge >= 0.3 is 0 Å². The van der Waals surface area contributed by atoms with E-state index in [4.69, 9.17) is 26.4 Å². The monoisotopic (exact) mass is 350 g/mol. The SMILES string of the molecule is COc1cc(OC)c(OC)cc1CNC(=S)Nc1ccccc1F. The maximum absolute atomic E-state index is 13.6. The van der Waals surface area contributed by atoms with Gasteiger partial charge < -0.3 is 24.8 Å². The summed E-state index contributed by atoms with van der Waals surface area (Å²) in [5.74, 6) is 1.42. The van der Waals surface area contributed by atoms with Crippen molar-refractivity contribution in [2.24, 2.45) is 0 Å². The minimum Gasteiger partial charge on any atom is -0.496 e. The van der Waals surface area contributed by atoms with Crippen LogP contribution < -0.4 is 24.8 Å². The Balaban J connectivity index is 2.08. The predicted octanol–water partition coefficient (Wildman–Crippen LogP) is 3.34. The molecule has 0 atom stereocenters. The molecule has 128 valence electrons. The van der Waals surface area contributed by atoms with E-state index in [-0.39, 0.29) is 5.82 Å². The third-order valence-electron chi connectivity index (χ3n) is 3.35. The van der Waals surface area contributed by atoms with Gasteiger partial charge in [-0.25, -0.2) is 4.39 Å². The normalized spacial score (nSPS) is 10.0. The molecule has 0 aliphatic rings. The van der Waals surface area contributed by atoms with Crippen LogP contribution in [0, 0.1) is 5.82 Å². The Morgan fingerprint density at radius 3 is 2.25 bits per heavy atom. The van der Waals surface area contributed by atoms with Crippen LogP contribution in [-0.4, -0.2) is 26.4 Å². The molecular weight excluding hydrogens is 331 g/mol. The molecule has 2 aromatic rings. The lowest BCUT2D eigenvalue weighted by Crippen LogP contribution is -2.28. The van der Waals surface area contributed by atoms with Gasteiger partial charge in [-0.1, -0.05) is 12.1 Å². The maximum atomic E-state index is 13.6. The molecule has 0 heterocycles. The molecule has 5 nitrogen and oxygen atoms in total. The molecule has 0 bridgehead atoms. The number of benzene rings is 2. The molecule has 2 rings (SSSR count). The van der Waals surface area contributed by atoms with Crippen LogP contribution in [0.15, 0.2) is 36.4 Å². The van der Waals surface area contributed by atoms with Gasteiger partial charge in [-0.05, 0) is 30.4 Å². The van der Waals surface area contributed by atoms with Crippen molar-refractivity contribution >= 4 is 23.0 Å². The second-order valence-electron chi connectivity index (χ2n) is 4.81. The summed E-state index contributed by atoms with van der Waals surface area (Å²) in [5.41, 5.74) is 1.14. The van der Waals surface area contributed by atoms with Crippen molar-refractivity contribution in [2.75, 3.05) is 26.6 Å². The molecule has 2 N–H and O–H groups in total. The van der Waals surface area contributed by atoms with Crippen LogP contribution in [0.2, 0.25) is 0 Å². The zero-order valence-electron chi connectivity index (χ0n) is 13.7. The van der Waals surface area contributed by atoms with Gasteiger partial charge in [0.05, 0.1) is 27.0 Å². The molecule has 0 radical (unpaired) electrons. The van der Waals surface area contributed by atoms with Crippen molar-refractivity contribution in [3.8, 4) is 17.2 Å². The highest BCUT2D eigenvalue weighted by molar-refractivity contribution is 7.80. The molecule has 24 heavy (non-hydrogen) atoms. The zero-order valence-corrected chi connectivity index (χ0v) is 14.5. The number of anilines is 1. The van der Waals surface area contributed by atoms with Crippen molar-refractivity contribution in [1.82, 2.24) is 5.32 Å². The minimum absolute atomic E-state index is 0.303. The van der Waals surface area contributed by atoms with Crippen molar-refractivity contribution in [3.05, 3.63) is 47.8 Å². The Morgan fingerprint density at radius 2 is 1.62 bits per heavy atom. The molecule has 0 saturated heterocycles. The van der Waals surface area contributed by atoms with Gasteiger partial charge in [-0.15, -0.1) is 0 Å². The van der Waals surface area contributed by atoms with Gasteiger partial charge in [0.25, 0.3) is 0 Å². The van der Waals surface area contributed by atoms with Crippen molar-refractivity contribution in [3.63, 3.8) is 0 Å². The first-order chi connectivity index (χ1) is 11.6. The van der Waals surface area contributed by atoms with Gasteiger partial charge in [0.15, 0.2) is 16.6 Å². The van der Waals surface area contributed by atoms with Crippen molar-refractivity contribution in [2.45, 2.75) is 6.54 Å². The maximum Gasteiger partial charge on any atom is 0.171 e. The summed E-state index contributed by atoms with van der Waals surface area (Å²) < 4.78 is 29.5. The number of rotatable bonds is 6. The topological polar surface area (TPSA) is 51.8 Å².